The van der Waals surface area contributed by atoms with Gasteiger partial charge in [0.1, 0.15) is 11.4 Å². The van der Waals surface area contributed by atoms with Gasteiger partial charge in [0.05, 0.1) is 0 Å². The maximum Gasteiger partial charge on any atom is 0.407 e. The van der Waals surface area contributed by atoms with Crippen molar-refractivity contribution >= 4 is 12.0 Å². The van der Waals surface area contributed by atoms with Gasteiger partial charge in [0.2, 0.25) is 0 Å². The van der Waals surface area contributed by atoms with Crippen molar-refractivity contribution in [2.24, 2.45) is 0 Å². The Morgan fingerprint density at radius 3 is 2.33 bits per heavy atom. The third-order valence-corrected chi connectivity index (χ3v) is 2.58. The third kappa shape index (κ3) is 6.16. The molecule has 21 heavy (non-hydrogen) atoms. The fourth-order valence-electron chi connectivity index (χ4n) is 1.57. The van der Waals surface area contributed by atoms with Gasteiger partial charge in [-0.25, -0.2) is 4.79 Å². The molecule has 2 amide bonds. The first kappa shape index (κ1) is 16.8. The molecule has 1 aromatic carbocycles. The first-order valence-corrected chi connectivity index (χ1v) is 6.70. The molecule has 0 aliphatic carbocycles. The van der Waals surface area contributed by atoms with E-state index in [2.05, 4.69) is 5.32 Å². The monoisotopic (exact) mass is 294 g/mol. The van der Waals surface area contributed by atoms with Crippen molar-refractivity contribution in [1.82, 2.24) is 10.2 Å². The minimum atomic E-state index is -0.544. The topological polar surface area (TPSA) is 78.9 Å². The fourth-order valence-corrected chi connectivity index (χ4v) is 1.57. The molecule has 0 saturated heterocycles. The number of alkyl carbamates (subject to hydrolysis) is 1. The number of benzene rings is 1. The van der Waals surface area contributed by atoms with E-state index < -0.39 is 11.7 Å². The Morgan fingerprint density at radius 2 is 1.81 bits per heavy atom. The molecule has 1 rings (SSSR count). The smallest absolute Gasteiger partial charge is 0.407 e. The fraction of sp³-hybridized carbons (Fsp3) is 0.467. The molecular formula is C15H22N2O4. The van der Waals surface area contributed by atoms with Gasteiger partial charge in [0.15, 0.2) is 0 Å². The number of nitrogens with zero attached hydrogens (tertiary/aromatic N) is 1. The third-order valence-electron chi connectivity index (χ3n) is 2.58. The molecule has 0 bridgehead atoms. The van der Waals surface area contributed by atoms with E-state index in [1.54, 1.807) is 40.0 Å². The van der Waals surface area contributed by atoms with Crippen LogP contribution >= 0.6 is 0 Å². The van der Waals surface area contributed by atoms with Crippen molar-refractivity contribution in [3.63, 3.8) is 0 Å². The van der Waals surface area contributed by atoms with Gasteiger partial charge in [-0.15, -0.1) is 0 Å². The number of carbonyl (C=O) groups is 2. The molecule has 6 heteroatoms. The molecule has 0 aliphatic heterocycles. The lowest BCUT2D eigenvalue weighted by molar-refractivity contribution is 0.0517. The van der Waals surface area contributed by atoms with Gasteiger partial charge >= 0.3 is 6.09 Å². The Morgan fingerprint density at radius 1 is 1.24 bits per heavy atom. The highest BCUT2D eigenvalue weighted by molar-refractivity contribution is 5.94. The maximum atomic E-state index is 12.1. The van der Waals surface area contributed by atoms with Crippen molar-refractivity contribution in [3.05, 3.63) is 29.8 Å². The number of nitrogens with one attached hydrogen (secondary N) is 1. The minimum Gasteiger partial charge on any atom is -0.508 e. The zero-order valence-corrected chi connectivity index (χ0v) is 12.8. The molecular weight excluding hydrogens is 272 g/mol. The summed E-state index contributed by atoms with van der Waals surface area (Å²) in [6.07, 6.45) is -0.506. The van der Waals surface area contributed by atoms with E-state index in [1.807, 2.05) is 0 Å². The van der Waals surface area contributed by atoms with Crippen LogP contribution in [0.3, 0.4) is 0 Å². The average molecular weight is 294 g/mol. The predicted molar refractivity (Wildman–Crippen MR) is 79.3 cm³/mol. The van der Waals surface area contributed by atoms with Crippen LogP contribution in [0.25, 0.3) is 0 Å². The highest BCUT2D eigenvalue weighted by atomic mass is 16.6. The second-order valence-corrected chi connectivity index (χ2v) is 5.70. The number of amides is 2. The van der Waals surface area contributed by atoms with E-state index in [-0.39, 0.29) is 11.7 Å². The van der Waals surface area contributed by atoms with Gasteiger partial charge in [-0.1, -0.05) is 0 Å². The summed E-state index contributed by atoms with van der Waals surface area (Å²) in [6, 6.07) is 6.02. The van der Waals surface area contributed by atoms with Crippen LogP contribution < -0.4 is 5.32 Å². The van der Waals surface area contributed by atoms with E-state index in [0.29, 0.717) is 18.7 Å². The number of ether oxygens (including phenoxy) is 1. The summed E-state index contributed by atoms with van der Waals surface area (Å²) in [5.41, 5.74) is -0.0646. The standard InChI is InChI=1S/C15H22N2O4/c1-15(2,3)21-14(20)16-9-10-17(4)13(19)11-5-7-12(18)8-6-11/h5-8,18H,9-10H2,1-4H3,(H,16,20). The first-order valence-electron chi connectivity index (χ1n) is 6.70. The van der Waals surface area contributed by atoms with Gasteiger partial charge in [0, 0.05) is 25.7 Å². The number of phenolic OH excluding ortho intramolecular Hbond substituents is 1. The second kappa shape index (κ2) is 6.97. The lowest BCUT2D eigenvalue weighted by atomic mass is 10.2. The molecule has 6 nitrogen and oxygen atoms in total. The quantitative estimate of drug-likeness (QED) is 0.890. The van der Waals surface area contributed by atoms with E-state index in [9.17, 15) is 14.7 Å². The molecule has 0 aromatic heterocycles. The summed E-state index contributed by atoms with van der Waals surface area (Å²) in [4.78, 5) is 25.0. The van der Waals surface area contributed by atoms with E-state index in [4.69, 9.17) is 4.74 Å². The Kier molecular flexibility index (Phi) is 5.58. The molecule has 0 unspecified atom stereocenters. The molecule has 0 aliphatic rings. The molecule has 0 saturated carbocycles. The second-order valence-electron chi connectivity index (χ2n) is 5.70. The van der Waals surface area contributed by atoms with Crippen LogP contribution in [-0.2, 0) is 4.74 Å². The lowest BCUT2D eigenvalue weighted by Crippen LogP contribution is -2.38. The van der Waals surface area contributed by atoms with Crippen molar-refractivity contribution in [3.8, 4) is 5.75 Å². The normalized spacial score (nSPS) is 10.9. The molecule has 0 atom stereocenters. The number of carbonyl (C=O) groups excluding carboxylic acids is 2. The Hall–Kier alpha value is -2.24. The van der Waals surface area contributed by atoms with Gasteiger partial charge in [-0.05, 0) is 45.0 Å². The van der Waals surface area contributed by atoms with Crippen LogP contribution in [0.4, 0.5) is 4.79 Å². The van der Waals surface area contributed by atoms with Gasteiger partial charge in [-0.3, -0.25) is 4.79 Å². The predicted octanol–water partition coefficient (Wildman–Crippen LogP) is 1.99. The number of phenols is 1. The van der Waals surface area contributed by atoms with Crippen molar-refractivity contribution in [2.45, 2.75) is 26.4 Å². The summed E-state index contributed by atoms with van der Waals surface area (Å²) in [6.45, 7) is 6.02. The van der Waals surface area contributed by atoms with Crippen LogP contribution in [0.5, 0.6) is 5.75 Å². The molecule has 1 aromatic rings. The lowest BCUT2D eigenvalue weighted by Gasteiger charge is -2.21. The average Bonchev–Trinajstić information content (AvgIpc) is 2.36. The zero-order chi connectivity index (χ0) is 16.0. The highest BCUT2D eigenvalue weighted by Crippen LogP contribution is 2.11. The van der Waals surface area contributed by atoms with E-state index in [1.165, 1.54) is 17.0 Å². The highest BCUT2D eigenvalue weighted by Gasteiger charge is 2.16. The Balaban J connectivity index is 2.40. The van der Waals surface area contributed by atoms with Crippen molar-refractivity contribution < 1.29 is 19.4 Å². The largest absolute Gasteiger partial charge is 0.508 e. The summed E-state index contributed by atoms with van der Waals surface area (Å²) in [5.74, 6) is -0.0678. The summed E-state index contributed by atoms with van der Waals surface area (Å²) < 4.78 is 5.10. The van der Waals surface area contributed by atoms with Crippen LogP contribution in [0, 0.1) is 0 Å². The molecule has 2 N–H and O–H groups in total. The SMILES string of the molecule is CN(CCNC(=O)OC(C)(C)C)C(=O)c1ccc(O)cc1. The van der Waals surface area contributed by atoms with Crippen molar-refractivity contribution in [2.75, 3.05) is 20.1 Å². The number of rotatable bonds is 4. The Labute approximate surface area is 124 Å². The molecule has 0 radical (unpaired) electrons. The van der Waals surface area contributed by atoms with Crippen LogP contribution in [0.1, 0.15) is 31.1 Å². The molecule has 0 spiro atoms. The summed E-state index contributed by atoms with van der Waals surface area (Å²) in [5, 5.41) is 11.8. The number of hydrogen-bond donors (Lipinski definition) is 2. The van der Waals surface area contributed by atoms with Crippen LogP contribution in [0.15, 0.2) is 24.3 Å². The van der Waals surface area contributed by atoms with E-state index in [0.717, 1.165) is 0 Å². The van der Waals surface area contributed by atoms with E-state index >= 15 is 0 Å². The van der Waals surface area contributed by atoms with Crippen molar-refractivity contribution in [1.29, 1.82) is 0 Å². The number of aromatic hydroxyl groups is 1. The van der Waals surface area contributed by atoms with Gasteiger partial charge < -0.3 is 20.1 Å². The number of hydrogen-bond acceptors (Lipinski definition) is 4. The Bertz CT molecular complexity index is 491. The minimum absolute atomic E-state index is 0.112. The summed E-state index contributed by atoms with van der Waals surface area (Å²) in [7, 11) is 1.64. The molecule has 0 heterocycles. The first-order chi connectivity index (χ1) is 9.69. The molecule has 116 valence electrons. The number of likely N-dealkylation sites (N-methyl/N-ethyl adjacent to an activating group) is 1. The van der Waals surface area contributed by atoms with Gasteiger partial charge in [0.25, 0.3) is 5.91 Å². The summed E-state index contributed by atoms with van der Waals surface area (Å²) >= 11 is 0. The van der Waals surface area contributed by atoms with Gasteiger partial charge in [-0.2, -0.15) is 0 Å². The molecule has 0 fully saturated rings. The van der Waals surface area contributed by atoms with Crippen LogP contribution in [-0.4, -0.2) is 47.7 Å². The van der Waals surface area contributed by atoms with Crippen LogP contribution in [0.2, 0.25) is 0 Å². The zero-order valence-electron chi connectivity index (χ0n) is 12.8. The maximum absolute atomic E-state index is 12.1.